The third kappa shape index (κ3) is 2.85. The van der Waals surface area contributed by atoms with E-state index in [1.807, 2.05) is 25.9 Å². The summed E-state index contributed by atoms with van der Waals surface area (Å²) in [5.41, 5.74) is 1.17. The highest BCUT2D eigenvalue weighted by Gasteiger charge is 2.21. The molecule has 0 saturated heterocycles. The number of carboxylic acids is 1. The molecule has 2 rings (SSSR count). The largest absolute Gasteiger partial charge is 0.476 e. The van der Waals surface area contributed by atoms with Crippen molar-refractivity contribution in [3.63, 3.8) is 0 Å². The molecule has 0 aliphatic rings. The van der Waals surface area contributed by atoms with Crippen molar-refractivity contribution < 1.29 is 9.90 Å². The van der Waals surface area contributed by atoms with Gasteiger partial charge in [-0.3, -0.25) is 4.68 Å². The second-order valence-corrected chi connectivity index (χ2v) is 4.70. The molecule has 0 aliphatic carbocycles. The SMILES string of the molecule is CCn1cc(-c2c(C(=O)O)nnn2CCN(C)C)cn1. The fourth-order valence-electron chi connectivity index (χ4n) is 1.85. The van der Waals surface area contributed by atoms with Gasteiger partial charge in [-0.2, -0.15) is 5.10 Å². The van der Waals surface area contributed by atoms with Crippen LogP contribution in [0.4, 0.5) is 0 Å². The lowest BCUT2D eigenvalue weighted by Gasteiger charge is -2.10. The maximum atomic E-state index is 11.3. The lowest BCUT2D eigenvalue weighted by molar-refractivity contribution is 0.0691. The van der Waals surface area contributed by atoms with Crippen LogP contribution in [-0.2, 0) is 13.1 Å². The molecule has 0 atom stereocenters. The molecule has 0 aromatic carbocycles. The third-order valence-electron chi connectivity index (χ3n) is 2.93. The van der Waals surface area contributed by atoms with Gasteiger partial charge >= 0.3 is 5.97 Å². The van der Waals surface area contributed by atoms with Gasteiger partial charge in [-0.05, 0) is 21.0 Å². The highest BCUT2D eigenvalue weighted by atomic mass is 16.4. The molecule has 0 fully saturated rings. The van der Waals surface area contributed by atoms with Crippen LogP contribution in [0, 0.1) is 0 Å². The van der Waals surface area contributed by atoms with Crippen molar-refractivity contribution in [2.45, 2.75) is 20.0 Å². The van der Waals surface area contributed by atoms with E-state index >= 15 is 0 Å². The summed E-state index contributed by atoms with van der Waals surface area (Å²) < 4.78 is 3.35. The minimum absolute atomic E-state index is 0.0422. The molecule has 2 aromatic rings. The Bertz CT molecular complexity index is 601. The van der Waals surface area contributed by atoms with Gasteiger partial charge in [0, 0.05) is 24.8 Å². The second kappa shape index (κ2) is 5.83. The maximum Gasteiger partial charge on any atom is 0.358 e. The van der Waals surface area contributed by atoms with Crippen molar-refractivity contribution in [3.05, 3.63) is 18.1 Å². The zero-order valence-electron chi connectivity index (χ0n) is 11.8. The van der Waals surface area contributed by atoms with E-state index in [1.165, 1.54) is 0 Å². The smallest absolute Gasteiger partial charge is 0.358 e. The van der Waals surface area contributed by atoms with Crippen LogP contribution < -0.4 is 0 Å². The zero-order chi connectivity index (χ0) is 14.7. The average molecular weight is 278 g/mol. The normalized spacial score (nSPS) is 11.2. The first-order valence-electron chi connectivity index (χ1n) is 6.37. The Morgan fingerprint density at radius 3 is 2.75 bits per heavy atom. The molecule has 0 aliphatic heterocycles. The van der Waals surface area contributed by atoms with Gasteiger partial charge in [-0.15, -0.1) is 5.10 Å². The lowest BCUT2D eigenvalue weighted by Crippen LogP contribution is -2.19. The van der Waals surface area contributed by atoms with Crippen molar-refractivity contribution in [2.24, 2.45) is 0 Å². The fourth-order valence-corrected chi connectivity index (χ4v) is 1.85. The molecule has 2 aromatic heterocycles. The molecule has 20 heavy (non-hydrogen) atoms. The Hall–Kier alpha value is -2.22. The highest BCUT2D eigenvalue weighted by Crippen LogP contribution is 2.21. The molecule has 1 N–H and O–H groups in total. The number of hydrogen-bond donors (Lipinski definition) is 1. The number of nitrogens with zero attached hydrogens (tertiary/aromatic N) is 6. The first-order chi connectivity index (χ1) is 9.52. The number of rotatable bonds is 6. The quantitative estimate of drug-likeness (QED) is 0.823. The summed E-state index contributed by atoms with van der Waals surface area (Å²) in [6.45, 7) is 4.01. The molecule has 0 amide bonds. The van der Waals surface area contributed by atoms with E-state index in [-0.39, 0.29) is 5.69 Å². The molecule has 8 heteroatoms. The van der Waals surface area contributed by atoms with Crippen LogP contribution in [0.1, 0.15) is 17.4 Å². The molecule has 2 heterocycles. The van der Waals surface area contributed by atoms with Crippen LogP contribution >= 0.6 is 0 Å². The minimum Gasteiger partial charge on any atom is -0.476 e. The standard InChI is InChI=1S/C12H18N6O2/c1-4-17-8-9(7-13-17)11-10(12(19)20)14-15-18(11)6-5-16(2)3/h7-8H,4-6H2,1-3H3,(H,19,20). The van der Waals surface area contributed by atoms with E-state index in [0.29, 0.717) is 17.8 Å². The number of likely N-dealkylation sites (N-methyl/N-ethyl adjacent to an activating group) is 1. The molecule has 0 spiro atoms. The molecule has 0 radical (unpaired) electrons. The second-order valence-electron chi connectivity index (χ2n) is 4.70. The molecule has 0 bridgehead atoms. The molecular weight excluding hydrogens is 260 g/mol. The van der Waals surface area contributed by atoms with Crippen molar-refractivity contribution in [1.82, 2.24) is 29.7 Å². The van der Waals surface area contributed by atoms with E-state index in [2.05, 4.69) is 15.4 Å². The van der Waals surface area contributed by atoms with Crippen LogP contribution in [0.2, 0.25) is 0 Å². The first-order valence-corrected chi connectivity index (χ1v) is 6.37. The van der Waals surface area contributed by atoms with Gasteiger partial charge in [-0.1, -0.05) is 5.21 Å². The number of carboxylic acid groups (broad SMARTS) is 1. The van der Waals surface area contributed by atoms with Crippen LogP contribution in [0.15, 0.2) is 12.4 Å². The number of hydrogen-bond acceptors (Lipinski definition) is 5. The summed E-state index contributed by atoms with van der Waals surface area (Å²) in [7, 11) is 3.90. The summed E-state index contributed by atoms with van der Waals surface area (Å²) >= 11 is 0. The third-order valence-corrected chi connectivity index (χ3v) is 2.93. The average Bonchev–Trinajstić information content (AvgIpc) is 3.02. The summed E-state index contributed by atoms with van der Waals surface area (Å²) in [4.78, 5) is 13.3. The van der Waals surface area contributed by atoms with E-state index in [9.17, 15) is 9.90 Å². The maximum absolute atomic E-state index is 11.3. The summed E-state index contributed by atoms with van der Waals surface area (Å²) in [6, 6.07) is 0. The molecule has 0 saturated carbocycles. The monoisotopic (exact) mass is 278 g/mol. The van der Waals surface area contributed by atoms with Gasteiger partial charge < -0.3 is 10.0 Å². The van der Waals surface area contributed by atoms with Crippen LogP contribution in [-0.4, -0.2) is 61.4 Å². The van der Waals surface area contributed by atoms with Crippen molar-refractivity contribution in [2.75, 3.05) is 20.6 Å². The molecular formula is C12H18N6O2. The Kier molecular flexibility index (Phi) is 4.14. The Balaban J connectivity index is 2.41. The van der Waals surface area contributed by atoms with Crippen LogP contribution in [0.25, 0.3) is 11.3 Å². The minimum atomic E-state index is -1.08. The number of aromatic nitrogens is 5. The first kappa shape index (κ1) is 14.2. The Morgan fingerprint density at radius 2 is 2.20 bits per heavy atom. The Labute approximate surface area is 116 Å². The lowest BCUT2D eigenvalue weighted by atomic mass is 10.2. The van der Waals surface area contributed by atoms with Gasteiger partial charge in [0.1, 0.15) is 5.69 Å². The predicted octanol–water partition coefficient (Wildman–Crippen LogP) is 0.421. The van der Waals surface area contributed by atoms with Gasteiger partial charge in [0.2, 0.25) is 0 Å². The van der Waals surface area contributed by atoms with Gasteiger partial charge in [0.05, 0.1) is 12.7 Å². The highest BCUT2D eigenvalue weighted by molar-refractivity contribution is 5.92. The topological polar surface area (TPSA) is 89.1 Å². The summed E-state index contributed by atoms with van der Waals surface area (Å²) in [6.07, 6.45) is 3.44. The zero-order valence-corrected chi connectivity index (χ0v) is 11.8. The summed E-state index contributed by atoms with van der Waals surface area (Å²) in [5.74, 6) is -1.08. The van der Waals surface area contributed by atoms with Gasteiger partial charge in [0.25, 0.3) is 0 Å². The van der Waals surface area contributed by atoms with Gasteiger partial charge in [0.15, 0.2) is 5.69 Å². The Morgan fingerprint density at radius 1 is 1.45 bits per heavy atom. The van der Waals surface area contributed by atoms with Crippen LogP contribution in [0.3, 0.4) is 0 Å². The van der Waals surface area contributed by atoms with Crippen molar-refractivity contribution in [3.8, 4) is 11.3 Å². The van der Waals surface area contributed by atoms with E-state index in [0.717, 1.165) is 13.1 Å². The van der Waals surface area contributed by atoms with Crippen molar-refractivity contribution >= 4 is 5.97 Å². The summed E-state index contributed by atoms with van der Waals surface area (Å²) in [5, 5.41) is 21.1. The van der Waals surface area contributed by atoms with Gasteiger partial charge in [-0.25, -0.2) is 9.48 Å². The van der Waals surface area contributed by atoms with E-state index < -0.39 is 5.97 Å². The molecule has 8 nitrogen and oxygen atoms in total. The van der Waals surface area contributed by atoms with Crippen molar-refractivity contribution in [1.29, 1.82) is 0 Å². The number of carbonyl (C=O) groups is 1. The predicted molar refractivity (Wildman–Crippen MR) is 72.4 cm³/mol. The number of aryl methyl sites for hydroxylation is 1. The van der Waals surface area contributed by atoms with E-state index in [4.69, 9.17) is 0 Å². The van der Waals surface area contributed by atoms with E-state index in [1.54, 1.807) is 21.8 Å². The molecule has 108 valence electrons. The van der Waals surface area contributed by atoms with Crippen LogP contribution in [0.5, 0.6) is 0 Å². The number of aromatic carboxylic acids is 1. The molecule has 0 unspecified atom stereocenters. The fraction of sp³-hybridized carbons (Fsp3) is 0.500.